The average Bonchev–Trinajstić information content (AvgIpc) is 2.81. The Morgan fingerprint density at radius 2 is 1.85 bits per heavy atom. The Labute approximate surface area is 205 Å². The van der Waals surface area contributed by atoms with Crippen LogP contribution in [-0.2, 0) is 11.4 Å². The molecule has 174 valence electrons. The van der Waals surface area contributed by atoms with E-state index >= 15 is 0 Å². The highest BCUT2D eigenvalue weighted by Gasteiger charge is 2.29. The fraction of sp³-hybridized carbons (Fsp3) is 0.259. The second-order valence-corrected chi connectivity index (χ2v) is 8.86. The second kappa shape index (κ2) is 12.2. The molecule has 0 bridgehead atoms. The third-order valence-corrected chi connectivity index (χ3v) is 6.27. The van der Waals surface area contributed by atoms with Gasteiger partial charge in [-0.2, -0.15) is 0 Å². The molecule has 0 spiro atoms. The zero-order valence-corrected chi connectivity index (χ0v) is 20.4. The van der Waals surface area contributed by atoms with Gasteiger partial charge in [0.15, 0.2) is 0 Å². The van der Waals surface area contributed by atoms with Crippen molar-refractivity contribution >= 4 is 35.0 Å². The molecule has 1 N–H and O–H groups in total. The van der Waals surface area contributed by atoms with Crippen LogP contribution in [0, 0.1) is 5.82 Å². The molecular formula is C27H29Cl2FN2O. The van der Waals surface area contributed by atoms with E-state index in [9.17, 15) is 4.39 Å². The molecule has 0 aliphatic rings. The molecule has 0 aliphatic carbocycles. The summed E-state index contributed by atoms with van der Waals surface area (Å²) in [5.41, 5.74) is 6.51. The van der Waals surface area contributed by atoms with E-state index < -0.39 is 0 Å². The molecule has 33 heavy (non-hydrogen) atoms. The maximum atomic E-state index is 15.0. The van der Waals surface area contributed by atoms with Crippen molar-refractivity contribution < 1.29 is 9.23 Å². The van der Waals surface area contributed by atoms with Gasteiger partial charge in [-0.15, -0.1) is 0 Å². The van der Waals surface area contributed by atoms with Crippen LogP contribution in [0.1, 0.15) is 36.0 Å². The van der Waals surface area contributed by atoms with Crippen LogP contribution in [-0.4, -0.2) is 24.6 Å². The van der Waals surface area contributed by atoms with E-state index in [4.69, 9.17) is 28.0 Å². The number of likely N-dealkylation sites (N-methyl/N-ethyl adjacent to an activating group) is 1. The van der Waals surface area contributed by atoms with Crippen molar-refractivity contribution in [3.63, 3.8) is 0 Å². The van der Waals surface area contributed by atoms with Gasteiger partial charge >= 0.3 is 0 Å². The maximum absolute atomic E-state index is 15.0. The van der Waals surface area contributed by atoms with Crippen molar-refractivity contribution in [2.45, 2.75) is 31.8 Å². The monoisotopic (exact) mass is 486 g/mol. The Bertz CT molecular complexity index is 1080. The molecule has 0 heterocycles. The van der Waals surface area contributed by atoms with Crippen LogP contribution >= 0.6 is 23.2 Å². The first-order chi connectivity index (χ1) is 15.9. The van der Waals surface area contributed by atoms with Gasteiger partial charge in [0, 0.05) is 23.5 Å². The molecule has 0 amide bonds. The average molecular weight is 487 g/mol. The first-order valence-corrected chi connectivity index (χ1v) is 11.7. The summed E-state index contributed by atoms with van der Waals surface area (Å²) in [6.45, 7) is 6.91. The molecular weight excluding hydrogens is 458 g/mol. The number of halogens is 3. The molecule has 3 rings (SSSR count). The number of benzene rings is 3. The van der Waals surface area contributed by atoms with E-state index in [0.29, 0.717) is 23.7 Å². The van der Waals surface area contributed by atoms with Gasteiger partial charge in [0.2, 0.25) is 0 Å². The van der Waals surface area contributed by atoms with Crippen LogP contribution in [0.3, 0.4) is 0 Å². The van der Waals surface area contributed by atoms with Crippen molar-refractivity contribution in [3.05, 3.63) is 106 Å². The minimum atomic E-state index is -0.374. The van der Waals surface area contributed by atoms with E-state index in [1.165, 1.54) is 0 Å². The van der Waals surface area contributed by atoms with Crippen LogP contribution in [0.15, 0.2) is 73.3 Å². The first kappa shape index (κ1) is 25.3. The lowest BCUT2D eigenvalue weighted by Gasteiger charge is -2.34. The highest BCUT2D eigenvalue weighted by molar-refractivity contribution is 6.31. The summed E-state index contributed by atoms with van der Waals surface area (Å²) in [5.74, 6) is -0.502. The molecule has 2 atom stereocenters. The highest BCUT2D eigenvalue weighted by Crippen LogP contribution is 2.32. The van der Waals surface area contributed by atoms with Gasteiger partial charge in [-0.1, -0.05) is 85.2 Å². The Kier molecular flexibility index (Phi) is 9.33. The molecule has 0 radical (unpaired) electrons. The molecule has 0 aromatic heterocycles. The summed E-state index contributed by atoms with van der Waals surface area (Å²) < 4.78 is 15.0. The maximum Gasteiger partial charge on any atom is 0.145 e. The summed E-state index contributed by atoms with van der Waals surface area (Å²) in [7, 11) is 2.03. The van der Waals surface area contributed by atoms with Gasteiger partial charge < -0.3 is 0 Å². The van der Waals surface area contributed by atoms with E-state index in [0.717, 1.165) is 23.2 Å². The number of nitrogens with zero attached hydrogens (tertiary/aromatic N) is 1. The molecule has 0 aliphatic heterocycles. The Morgan fingerprint density at radius 1 is 1.09 bits per heavy atom. The summed E-state index contributed by atoms with van der Waals surface area (Å²) in [4.78, 5) is 8.08. The van der Waals surface area contributed by atoms with Gasteiger partial charge in [0.1, 0.15) is 5.82 Å². The van der Waals surface area contributed by atoms with Crippen LogP contribution in [0.2, 0.25) is 10.0 Å². The van der Waals surface area contributed by atoms with Gasteiger partial charge in [-0.05, 0) is 54.4 Å². The van der Waals surface area contributed by atoms with Gasteiger partial charge in [0.25, 0.3) is 0 Å². The summed E-state index contributed by atoms with van der Waals surface area (Å²) in [5, 5.41) is 0.746. The van der Waals surface area contributed by atoms with Gasteiger partial charge in [-0.25, -0.2) is 4.39 Å². The van der Waals surface area contributed by atoms with Crippen molar-refractivity contribution in [2.24, 2.45) is 0 Å². The molecule has 3 aromatic carbocycles. The number of rotatable bonds is 11. The predicted molar refractivity (Wildman–Crippen MR) is 137 cm³/mol. The minimum Gasteiger partial charge on any atom is -0.296 e. The minimum absolute atomic E-state index is 0.123. The lowest BCUT2D eigenvalue weighted by atomic mass is 9.88. The molecule has 2 unspecified atom stereocenters. The van der Waals surface area contributed by atoms with Crippen LogP contribution in [0.5, 0.6) is 0 Å². The van der Waals surface area contributed by atoms with Crippen molar-refractivity contribution in [1.82, 2.24) is 4.90 Å². The van der Waals surface area contributed by atoms with Gasteiger partial charge in [-0.3, -0.25) is 15.2 Å². The Morgan fingerprint density at radius 3 is 2.58 bits per heavy atom. The smallest absolute Gasteiger partial charge is 0.145 e. The largest absolute Gasteiger partial charge is 0.296 e. The predicted octanol–water partition coefficient (Wildman–Crippen LogP) is 7.81. The van der Waals surface area contributed by atoms with E-state index in [-0.39, 0.29) is 22.8 Å². The Balaban J connectivity index is 1.84. The van der Waals surface area contributed by atoms with Crippen LogP contribution in [0.25, 0.3) is 6.08 Å². The fourth-order valence-electron chi connectivity index (χ4n) is 4.04. The number of anilines is 1. The van der Waals surface area contributed by atoms with E-state index in [1.807, 2.05) is 37.4 Å². The third kappa shape index (κ3) is 6.81. The van der Waals surface area contributed by atoms with Crippen molar-refractivity contribution in [2.75, 3.05) is 19.1 Å². The van der Waals surface area contributed by atoms with Crippen molar-refractivity contribution in [1.29, 1.82) is 0 Å². The molecule has 3 aromatic rings. The first-order valence-electron chi connectivity index (χ1n) is 10.9. The summed E-state index contributed by atoms with van der Waals surface area (Å²) in [6.07, 6.45) is 2.55. The zero-order valence-electron chi connectivity index (χ0n) is 18.9. The highest BCUT2D eigenvalue weighted by atomic mass is 35.5. The van der Waals surface area contributed by atoms with E-state index in [1.54, 1.807) is 30.3 Å². The van der Waals surface area contributed by atoms with Crippen LogP contribution in [0.4, 0.5) is 10.1 Å². The summed E-state index contributed by atoms with van der Waals surface area (Å²) in [6, 6.07) is 20.6. The fourth-order valence-corrected chi connectivity index (χ4v) is 4.41. The molecule has 0 saturated carbocycles. The lowest BCUT2D eigenvalue weighted by molar-refractivity contribution is 0.0824. The lowest BCUT2D eigenvalue weighted by Crippen LogP contribution is -2.41. The zero-order chi connectivity index (χ0) is 23.8. The second-order valence-electron chi connectivity index (χ2n) is 8.01. The van der Waals surface area contributed by atoms with Crippen LogP contribution < -0.4 is 5.48 Å². The molecule has 3 nitrogen and oxygen atoms in total. The van der Waals surface area contributed by atoms with Crippen molar-refractivity contribution in [3.8, 4) is 0 Å². The summed E-state index contributed by atoms with van der Waals surface area (Å²) >= 11 is 12.2. The quantitative estimate of drug-likeness (QED) is 0.279. The number of nitrogens with one attached hydrogen (secondary N) is 1. The third-order valence-electron chi connectivity index (χ3n) is 5.74. The topological polar surface area (TPSA) is 24.5 Å². The molecule has 6 heteroatoms. The number of hydrogen-bond acceptors (Lipinski definition) is 3. The van der Waals surface area contributed by atoms with E-state index in [2.05, 4.69) is 36.0 Å². The molecule has 0 fully saturated rings. The Hall–Kier alpha value is -2.37. The SMILES string of the molecule is C=Cc1cccc(CN(C)C(CONc2cccc(Cl)c2)C(CC)c2cccc(Cl)c2F)c1. The standard InChI is InChI=1S/C27H29Cl2FN2O/c1-4-19-9-6-10-20(15-19)17-32(3)26(18-33-31-22-12-7-11-21(28)16-22)23(5-2)24-13-8-14-25(29)27(24)30/h4,6-16,23,26,31H,1,5,17-18H2,2-3H3. The molecule has 0 saturated heterocycles. The normalized spacial score (nSPS) is 13.0. The van der Waals surface area contributed by atoms with Gasteiger partial charge in [0.05, 0.1) is 17.3 Å². The number of hydrogen-bond donors (Lipinski definition) is 1.